The number of nitrogens with one attached hydrogen (secondary N) is 2. The highest BCUT2D eigenvalue weighted by Crippen LogP contribution is 2.25. The molecule has 1 aromatic carbocycles. The van der Waals surface area contributed by atoms with Crippen molar-refractivity contribution >= 4 is 17.7 Å². The summed E-state index contributed by atoms with van der Waals surface area (Å²) < 4.78 is 13.7. The summed E-state index contributed by atoms with van der Waals surface area (Å²) in [5.41, 5.74) is 1.03. The normalized spacial score (nSPS) is 19.7. The summed E-state index contributed by atoms with van der Waals surface area (Å²) in [6.45, 7) is 4.47. The van der Waals surface area contributed by atoms with Crippen molar-refractivity contribution in [3.05, 3.63) is 29.6 Å². The van der Waals surface area contributed by atoms with Crippen LogP contribution in [0.1, 0.15) is 32.3 Å². The number of hydrogen-bond acceptors (Lipinski definition) is 3. The van der Waals surface area contributed by atoms with Crippen LogP contribution in [0.4, 0.5) is 14.9 Å². The van der Waals surface area contributed by atoms with Crippen LogP contribution in [0.25, 0.3) is 0 Å². The topological polar surface area (TPSA) is 81.7 Å². The number of anilines is 1. The van der Waals surface area contributed by atoms with Crippen LogP contribution >= 0.6 is 0 Å². The summed E-state index contributed by atoms with van der Waals surface area (Å²) in [7, 11) is 0. The fraction of sp³-hybridized carbons (Fsp3) is 0.529. The van der Waals surface area contributed by atoms with Crippen molar-refractivity contribution in [3.63, 3.8) is 0 Å². The predicted molar refractivity (Wildman–Crippen MR) is 89.6 cm³/mol. The third-order valence-electron chi connectivity index (χ3n) is 4.40. The molecule has 0 radical (unpaired) electrons. The maximum Gasteiger partial charge on any atom is 0.319 e. The van der Waals surface area contributed by atoms with Crippen LogP contribution in [-0.2, 0) is 11.2 Å². The van der Waals surface area contributed by atoms with Gasteiger partial charge in [-0.25, -0.2) is 9.18 Å². The molecule has 3 N–H and O–H groups in total. The van der Waals surface area contributed by atoms with Crippen molar-refractivity contribution in [2.75, 3.05) is 18.4 Å². The Morgan fingerprint density at radius 2 is 2.04 bits per heavy atom. The zero-order valence-corrected chi connectivity index (χ0v) is 14.0. The van der Waals surface area contributed by atoms with E-state index in [1.807, 2.05) is 18.7 Å². The van der Waals surface area contributed by atoms with Gasteiger partial charge in [0.05, 0.1) is 6.54 Å². The molecule has 24 heavy (non-hydrogen) atoms. The van der Waals surface area contributed by atoms with Gasteiger partial charge in [0, 0.05) is 17.8 Å². The van der Waals surface area contributed by atoms with Crippen LogP contribution in [0.5, 0.6) is 0 Å². The minimum atomic E-state index is -0.844. The maximum atomic E-state index is 13.7. The van der Waals surface area contributed by atoms with Gasteiger partial charge in [-0.3, -0.25) is 9.69 Å². The van der Waals surface area contributed by atoms with E-state index in [2.05, 4.69) is 10.6 Å². The number of aliphatic carboxylic acids is 1. The Labute approximate surface area is 141 Å². The molecule has 0 aromatic heterocycles. The van der Waals surface area contributed by atoms with Crippen molar-refractivity contribution in [3.8, 4) is 0 Å². The second-order valence-corrected chi connectivity index (χ2v) is 6.04. The first-order chi connectivity index (χ1) is 11.4. The number of carbonyl (C=O) groups is 2. The molecule has 0 heterocycles. The van der Waals surface area contributed by atoms with Gasteiger partial charge < -0.3 is 15.7 Å². The standard InChI is InChI=1S/C17H24FN3O3/c1-3-11-5-6-12(9-15(11)18)19-17(24)20-13-7-14(8-13)21(4-2)10-16(22)23/h5-6,9,13-14H,3-4,7-8,10H2,1-2H3,(H,22,23)(H2,19,20,24). The van der Waals surface area contributed by atoms with Crippen LogP contribution in [0.2, 0.25) is 0 Å². The summed E-state index contributed by atoms with van der Waals surface area (Å²) >= 11 is 0. The Hall–Kier alpha value is -2.15. The van der Waals surface area contributed by atoms with Crippen LogP contribution in [0.15, 0.2) is 18.2 Å². The lowest BCUT2D eigenvalue weighted by Crippen LogP contribution is -2.55. The lowest BCUT2D eigenvalue weighted by Gasteiger charge is -2.42. The van der Waals surface area contributed by atoms with Gasteiger partial charge in [0.2, 0.25) is 0 Å². The summed E-state index contributed by atoms with van der Waals surface area (Å²) in [6, 6.07) is 4.47. The van der Waals surface area contributed by atoms with E-state index < -0.39 is 5.97 Å². The molecule has 2 amide bonds. The van der Waals surface area contributed by atoms with Gasteiger partial charge in [-0.1, -0.05) is 19.9 Å². The van der Waals surface area contributed by atoms with E-state index in [-0.39, 0.29) is 30.5 Å². The van der Waals surface area contributed by atoms with Crippen molar-refractivity contribution in [2.24, 2.45) is 0 Å². The first-order valence-electron chi connectivity index (χ1n) is 8.24. The van der Waals surface area contributed by atoms with Crippen LogP contribution in [0.3, 0.4) is 0 Å². The molecule has 132 valence electrons. The molecule has 0 aliphatic heterocycles. The maximum absolute atomic E-state index is 13.7. The van der Waals surface area contributed by atoms with Crippen LogP contribution in [0, 0.1) is 5.82 Å². The lowest BCUT2D eigenvalue weighted by molar-refractivity contribution is -0.139. The number of amides is 2. The fourth-order valence-corrected chi connectivity index (χ4v) is 2.94. The van der Waals surface area contributed by atoms with E-state index in [4.69, 9.17) is 5.11 Å². The Kier molecular flexibility index (Phi) is 6.14. The van der Waals surface area contributed by atoms with E-state index in [1.54, 1.807) is 12.1 Å². The number of aryl methyl sites for hydroxylation is 1. The highest BCUT2D eigenvalue weighted by atomic mass is 19.1. The molecular weight excluding hydrogens is 313 g/mol. The first-order valence-corrected chi connectivity index (χ1v) is 8.24. The fourth-order valence-electron chi connectivity index (χ4n) is 2.94. The van der Waals surface area contributed by atoms with Crippen molar-refractivity contribution < 1.29 is 19.1 Å². The van der Waals surface area contributed by atoms with E-state index in [1.165, 1.54) is 6.07 Å². The summed E-state index contributed by atoms with van der Waals surface area (Å²) in [6.07, 6.45) is 2.04. The number of nitrogens with zero attached hydrogens (tertiary/aromatic N) is 1. The molecule has 1 aliphatic rings. The van der Waals surface area contributed by atoms with E-state index in [0.717, 1.165) is 12.8 Å². The minimum Gasteiger partial charge on any atom is -0.480 e. The molecule has 6 nitrogen and oxygen atoms in total. The average Bonchev–Trinajstić information content (AvgIpc) is 2.48. The molecule has 2 rings (SSSR count). The van der Waals surface area contributed by atoms with E-state index in [9.17, 15) is 14.0 Å². The van der Waals surface area contributed by atoms with E-state index >= 15 is 0 Å². The first kappa shape index (κ1) is 18.2. The second kappa shape index (κ2) is 8.10. The van der Waals surface area contributed by atoms with Gasteiger partial charge in [-0.05, 0) is 43.5 Å². The van der Waals surface area contributed by atoms with Crippen molar-refractivity contribution in [2.45, 2.75) is 45.2 Å². The molecule has 1 fully saturated rings. The Bertz CT molecular complexity index is 603. The quantitative estimate of drug-likeness (QED) is 0.714. The van der Waals surface area contributed by atoms with Gasteiger partial charge >= 0.3 is 12.0 Å². The van der Waals surface area contributed by atoms with Crippen LogP contribution < -0.4 is 10.6 Å². The molecule has 7 heteroatoms. The minimum absolute atomic E-state index is 0.0117. The number of benzene rings is 1. The Morgan fingerprint density at radius 1 is 1.33 bits per heavy atom. The number of urea groups is 1. The monoisotopic (exact) mass is 337 g/mol. The molecule has 0 bridgehead atoms. The summed E-state index contributed by atoms with van der Waals surface area (Å²) in [5.74, 6) is -1.17. The number of carboxylic acid groups (broad SMARTS) is 1. The molecule has 0 unspecified atom stereocenters. The summed E-state index contributed by atoms with van der Waals surface area (Å²) in [5, 5.41) is 14.3. The van der Waals surface area contributed by atoms with Gasteiger partial charge in [0.1, 0.15) is 5.82 Å². The Balaban J connectivity index is 1.78. The molecular formula is C17H24FN3O3. The third kappa shape index (κ3) is 4.67. The van der Waals surface area contributed by atoms with Gasteiger partial charge in [0.15, 0.2) is 0 Å². The van der Waals surface area contributed by atoms with Crippen LogP contribution in [-0.4, -0.2) is 47.2 Å². The van der Waals surface area contributed by atoms with Gasteiger partial charge in [-0.2, -0.15) is 0 Å². The van der Waals surface area contributed by atoms with E-state index in [0.29, 0.717) is 24.2 Å². The van der Waals surface area contributed by atoms with Crippen molar-refractivity contribution in [1.29, 1.82) is 0 Å². The number of halogens is 1. The average molecular weight is 337 g/mol. The zero-order chi connectivity index (χ0) is 17.7. The number of hydrogen-bond donors (Lipinski definition) is 3. The Morgan fingerprint density at radius 3 is 2.58 bits per heavy atom. The number of carboxylic acids is 1. The molecule has 0 spiro atoms. The molecule has 1 saturated carbocycles. The van der Waals surface area contributed by atoms with Gasteiger partial charge in [0.25, 0.3) is 0 Å². The SMILES string of the molecule is CCc1ccc(NC(=O)NC2CC(N(CC)CC(=O)O)C2)cc1F. The largest absolute Gasteiger partial charge is 0.480 e. The predicted octanol–water partition coefficient (Wildman–Crippen LogP) is 2.45. The molecule has 0 atom stereocenters. The molecule has 0 saturated heterocycles. The van der Waals surface area contributed by atoms with Gasteiger partial charge in [-0.15, -0.1) is 0 Å². The number of likely N-dealkylation sites (N-methyl/N-ethyl adjacent to an activating group) is 1. The highest BCUT2D eigenvalue weighted by Gasteiger charge is 2.34. The number of rotatable bonds is 7. The van der Waals surface area contributed by atoms with Crippen molar-refractivity contribution in [1.82, 2.24) is 10.2 Å². The highest BCUT2D eigenvalue weighted by molar-refractivity contribution is 5.89. The zero-order valence-electron chi connectivity index (χ0n) is 14.0. The smallest absolute Gasteiger partial charge is 0.319 e. The molecule has 1 aromatic rings. The lowest BCUT2D eigenvalue weighted by atomic mass is 9.85. The second-order valence-electron chi connectivity index (χ2n) is 6.04. The summed E-state index contributed by atoms with van der Waals surface area (Å²) in [4.78, 5) is 24.6. The number of carbonyl (C=O) groups excluding carboxylic acids is 1. The third-order valence-corrected chi connectivity index (χ3v) is 4.40. The molecule has 1 aliphatic carbocycles.